The second-order valence-electron chi connectivity index (χ2n) is 3.05. The highest BCUT2D eigenvalue weighted by Crippen LogP contribution is 2.30. The molecule has 0 fully saturated rings. The highest BCUT2D eigenvalue weighted by atomic mass is 35.5. The van der Waals surface area contributed by atoms with E-state index in [0.717, 1.165) is 14.6 Å². The smallest absolute Gasteiger partial charge is 0.230 e. The summed E-state index contributed by atoms with van der Waals surface area (Å²) in [4.78, 5) is 15.5. The number of benzene rings is 1. The van der Waals surface area contributed by atoms with Crippen LogP contribution in [0.25, 0.3) is 10.2 Å². The lowest BCUT2D eigenvalue weighted by molar-refractivity contribution is -0.118. The van der Waals surface area contributed by atoms with Crippen molar-refractivity contribution in [3.8, 4) is 0 Å². The summed E-state index contributed by atoms with van der Waals surface area (Å²) in [7, 11) is 1.63. The van der Waals surface area contributed by atoms with Crippen LogP contribution < -0.4 is 5.32 Å². The van der Waals surface area contributed by atoms with Crippen LogP contribution in [0.5, 0.6) is 0 Å². The van der Waals surface area contributed by atoms with Gasteiger partial charge in [0, 0.05) is 12.1 Å². The Morgan fingerprint density at radius 1 is 1.62 bits per heavy atom. The Labute approximate surface area is 106 Å². The Kier molecular flexibility index (Phi) is 3.68. The quantitative estimate of drug-likeness (QED) is 0.874. The first kappa shape index (κ1) is 11.7. The van der Waals surface area contributed by atoms with Gasteiger partial charge < -0.3 is 5.32 Å². The van der Waals surface area contributed by atoms with Crippen molar-refractivity contribution < 1.29 is 4.79 Å². The molecule has 0 spiro atoms. The van der Waals surface area contributed by atoms with E-state index in [1.165, 1.54) is 11.8 Å². The van der Waals surface area contributed by atoms with Crippen molar-refractivity contribution in [1.29, 1.82) is 0 Å². The van der Waals surface area contributed by atoms with Crippen molar-refractivity contribution in [1.82, 2.24) is 10.3 Å². The van der Waals surface area contributed by atoms with Gasteiger partial charge in [0.1, 0.15) is 0 Å². The highest BCUT2D eigenvalue weighted by Gasteiger charge is 2.06. The molecule has 2 rings (SSSR count). The van der Waals surface area contributed by atoms with E-state index >= 15 is 0 Å². The molecule has 0 bridgehead atoms. The van der Waals surface area contributed by atoms with Crippen molar-refractivity contribution in [3.63, 3.8) is 0 Å². The number of thiazole rings is 1. The molecule has 0 aliphatic heterocycles. The van der Waals surface area contributed by atoms with Gasteiger partial charge in [-0.05, 0) is 18.2 Å². The summed E-state index contributed by atoms with van der Waals surface area (Å²) in [5, 5.41) is 3.26. The van der Waals surface area contributed by atoms with E-state index in [2.05, 4.69) is 10.3 Å². The van der Waals surface area contributed by atoms with Gasteiger partial charge in [-0.2, -0.15) is 0 Å². The zero-order valence-corrected chi connectivity index (χ0v) is 10.9. The van der Waals surface area contributed by atoms with Gasteiger partial charge in [0.05, 0.1) is 16.0 Å². The number of hydrogen-bond donors (Lipinski definition) is 1. The first-order valence-corrected chi connectivity index (χ1v) is 6.76. The zero-order chi connectivity index (χ0) is 11.5. The van der Waals surface area contributed by atoms with Gasteiger partial charge in [0.15, 0.2) is 4.34 Å². The number of hydrogen-bond acceptors (Lipinski definition) is 4. The SMILES string of the molecule is CNC(=O)CSc1nc2cc(Cl)ccc2s1. The molecule has 3 nitrogen and oxygen atoms in total. The molecule has 1 aromatic heterocycles. The number of nitrogens with zero attached hydrogens (tertiary/aromatic N) is 1. The van der Waals surface area contributed by atoms with Gasteiger partial charge >= 0.3 is 0 Å². The number of halogens is 1. The van der Waals surface area contributed by atoms with Gasteiger partial charge in [0.2, 0.25) is 5.91 Å². The lowest BCUT2D eigenvalue weighted by Crippen LogP contribution is -2.19. The van der Waals surface area contributed by atoms with Crippen LogP contribution in [0.3, 0.4) is 0 Å². The van der Waals surface area contributed by atoms with E-state index in [1.54, 1.807) is 18.4 Å². The summed E-state index contributed by atoms with van der Waals surface area (Å²) in [5.74, 6) is 0.395. The molecule has 84 valence electrons. The Morgan fingerprint density at radius 2 is 2.44 bits per heavy atom. The van der Waals surface area contributed by atoms with E-state index in [0.29, 0.717) is 10.8 Å². The summed E-state index contributed by atoms with van der Waals surface area (Å²) in [5.41, 5.74) is 0.886. The summed E-state index contributed by atoms with van der Waals surface area (Å²) in [6.45, 7) is 0. The normalized spacial score (nSPS) is 10.6. The zero-order valence-electron chi connectivity index (χ0n) is 8.49. The first-order chi connectivity index (χ1) is 7.69. The summed E-state index contributed by atoms with van der Waals surface area (Å²) in [6.07, 6.45) is 0. The standard InChI is InChI=1S/C10H9ClN2OS2/c1-12-9(14)5-15-10-13-7-4-6(11)2-3-8(7)16-10/h2-4H,5H2,1H3,(H,12,14). The minimum Gasteiger partial charge on any atom is -0.358 e. The van der Waals surface area contributed by atoms with Crippen LogP contribution in [0.15, 0.2) is 22.5 Å². The van der Waals surface area contributed by atoms with Gasteiger partial charge in [-0.25, -0.2) is 4.98 Å². The maximum absolute atomic E-state index is 11.1. The monoisotopic (exact) mass is 272 g/mol. The van der Waals surface area contributed by atoms with E-state index in [9.17, 15) is 4.79 Å². The van der Waals surface area contributed by atoms with Crippen molar-refractivity contribution >= 4 is 50.8 Å². The maximum Gasteiger partial charge on any atom is 0.230 e. The second-order valence-corrected chi connectivity index (χ2v) is 5.74. The number of fused-ring (bicyclic) bond motifs is 1. The molecule has 0 aliphatic rings. The van der Waals surface area contributed by atoms with Crippen LogP contribution in [0.4, 0.5) is 0 Å². The van der Waals surface area contributed by atoms with Crippen LogP contribution >= 0.6 is 34.7 Å². The third-order valence-corrected chi connectivity index (χ3v) is 4.35. The third-order valence-electron chi connectivity index (χ3n) is 1.94. The number of carbonyl (C=O) groups is 1. The molecule has 1 amide bonds. The summed E-state index contributed by atoms with van der Waals surface area (Å²) < 4.78 is 1.98. The first-order valence-electron chi connectivity index (χ1n) is 4.58. The van der Waals surface area contributed by atoms with E-state index in [4.69, 9.17) is 11.6 Å². The van der Waals surface area contributed by atoms with Gasteiger partial charge in [-0.1, -0.05) is 23.4 Å². The number of nitrogens with one attached hydrogen (secondary N) is 1. The predicted molar refractivity (Wildman–Crippen MR) is 69.4 cm³/mol. The van der Waals surface area contributed by atoms with E-state index < -0.39 is 0 Å². The summed E-state index contributed by atoms with van der Waals surface area (Å²) in [6, 6.07) is 5.62. The van der Waals surface area contributed by atoms with Crippen LogP contribution in [0.1, 0.15) is 0 Å². The van der Waals surface area contributed by atoms with Gasteiger partial charge in [-0.3, -0.25) is 4.79 Å². The third kappa shape index (κ3) is 2.66. The largest absolute Gasteiger partial charge is 0.358 e. The Balaban J connectivity index is 2.16. The van der Waals surface area contributed by atoms with Gasteiger partial charge in [0.25, 0.3) is 0 Å². The number of amides is 1. The molecule has 6 heteroatoms. The Hall–Kier alpha value is -0.780. The summed E-state index contributed by atoms with van der Waals surface area (Å²) >= 11 is 8.88. The fraction of sp³-hybridized carbons (Fsp3) is 0.200. The van der Waals surface area contributed by atoms with Crippen LogP contribution in [-0.2, 0) is 4.79 Å². The lowest BCUT2D eigenvalue weighted by atomic mass is 10.3. The second kappa shape index (κ2) is 5.03. The van der Waals surface area contributed by atoms with Crippen LogP contribution in [-0.4, -0.2) is 23.7 Å². The van der Waals surface area contributed by atoms with Crippen LogP contribution in [0, 0.1) is 0 Å². The fourth-order valence-electron chi connectivity index (χ4n) is 1.14. The fourth-order valence-corrected chi connectivity index (χ4v) is 3.23. The molecule has 0 radical (unpaired) electrons. The molecular formula is C10H9ClN2OS2. The van der Waals surface area contributed by atoms with E-state index in [1.807, 2.05) is 18.2 Å². The van der Waals surface area contributed by atoms with Crippen molar-refractivity contribution in [2.45, 2.75) is 4.34 Å². The van der Waals surface area contributed by atoms with Crippen molar-refractivity contribution in [3.05, 3.63) is 23.2 Å². The predicted octanol–water partition coefficient (Wildman–Crippen LogP) is 2.79. The molecule has 0 atom stereocenters. The number of aromatic nitrogens is 1. The topological polar surface area (TPSA) is 42.0 Å². The minimum absolute atomic E-state index is 0.00212. The highest BCUT2D eigenvalue weighted by molar-refractivity contribution is 8.01. The molecule has 2 aromatic rings. The maximum atomic E-state index is 11.1. The average Bonchev–Trinajstić information content (AvgIpc) is 2.67. The van der Waals surface area contributed by atoms with Crippen molar-refractivity contribution in [2.75, 3.05) is 12.8 Å². The Morgan fingerprint density at radius 3 is 3.19 bits per heavy atom. The molecule has 0 unspecified atom stereocenters. The van der Waals surface area contributed by atoms with Gasteiger partial charge in [-0.15, -0.1) is 11.3 Å². The molecule has 1 N–H and O–H groups in total. The van der Waals surface area contributed by atoms with Crippen LogP contribution in [0.2, 0.25) is 5.02 Å². The molecular weight excluding hydrogens is 264 g/mol. The molecule has 0 saturated carbocycles. The lowest BCUT2D eigenvalue weighted by Gasteiger charge is -1.95. The molecule has 16 heavy (non-hydrogen) atoms. The molecule has 0 saturated heterocycles. The number of rotatable bonds is 3. The number of thioether (sulfide) groups is 1. The molecule has 1 heterocycles. The van der Waals surface area contributed by atoms with Crippen molar-refractivity contribution in [2.24, 2.45) is 0 Å². The minimum atomic E-state index is 0.00212. The Bertz CT molecular complexity index is 527. The molecule has 1 aromatic carbocycles. The average molecular weight is 273 g/mol. The molecule has 0 aliphatic carbocycles. The number of carbonyl (C=O) groups excluding carboxylic acids is 1. The van der Waals surface area contributed by atoms with E-state index in [-0.39, 0.29) is 5.91 Å².